The average molecular weight is 435 g/mol. The second kappa shape index (κ2) is 10.5. The average Bonchev–Trinajstić information content (AvgIpc) is 3.27. The molecule has 0 fully saturated rings. The Kier molecular flexibility index (Phi) is 7.49. The first-order chi connectivity index (χ1) is 14.2. The zero-order valence-electron chi connectivity index (χ0n) is 15.2. The topological polar surface area (TPSA) is 72.0 Å². The van der Waals surface area contributed by atoms with E-state index in [1.54, 1.807) is 18.0 Å². The molecule has 1 heterocycles. The number of hydrogen-bond donors (Lipinski definition) is 1. The van der Waals surface area contributed by atoms with E-state index in [-0.39, 0.29) is 11.4 Å². The predicted octanol–water partition coefficient (Wildman–Crippen LogP) is 6.02. The second-order valence-electron chi connectivity index (χ2n) is 5.74. The zero-order chi connectivity index (χ0) is 20.5. The van der Waals surface area contributed by atoms with Crippen LogP contribution in [-0.4, -0.2) is 6.21 Å². The summed E-state index contributed by atoms with van der Waals surface area (Å²) in [6.45, 7) is 0.402. The maximum atomic E-state index is 9.48. The minimum absolute atomic E-state index is 0.0590. The number of aliphatic imine (C=N–C) groups is 1. The van der Waals surface area contributed by atoms with Crippen molar-refractivity contribution in [3.05, 3.63) is 92.9 Å². The molecule has 4 nitrogen and oxygen atoms in total. The molecule has 0 aliphatic carbocycles. The van der Waals surface area contributed by atoms with Gasteiger partial charge in [-0.05, 0) is 47.3 Å². The molecule has 0 atom stereocenters. The normalized spacial score (nSPS) is 11.6. The van der Waals surface area contributed by atoms with Gasteiger partial charge in [0.05, 0.1) is 0 Å². The summed E-state index contributed by atoms with van der Waals surface area (Å²) >= 11 is 9.08. The molecule has 2 aromatic carbocycles. The van der Waals surface area contributed by atoms with E-state index in [0.29, 0.717) is 11.6 Å². The van der Waals surface area contributed by atoms with Crippen LogP contribution in [-0.2, 0) is 6.54 Å². The molecule has 0 aliphatic heterocycles. The number of nitrogens with one attached hydrogen (secondary N) is 1. The largest absolute Gasteiger partial charge is 0.370 e. The van der Waals surface area contributed by atoms with Crippen LogP contribution < -0.4 is 5.32 Å². The van der Waals surface area contributed by atoms with E-state index < -0.39 is 0 Å². The summed E-state index contributed by atoms with van der Waals surface area (Å²) in [7, 11) is 0. The SMILES string of the molecule is N#C/C(N=Cc1cccs1)=C(/C#N)NCc1ccccc1Sc1ccc(Cl)cc1. The molecular formula is C22H15ClN4S2. The van der Waals surface area contributed by atoms with E-state index in [2.05, 4.69) is 10.3 Å². The van der Waals surface area contributed by atoms with Gasteiger partial charge < -0.3 is 5.32 Å². The van der Waals surface area contributed by atoms with Crippen LogP contribution in [0.5, 0.6) is 0 Å². The summed E-state index contributed by atoms with van der Waals surface area (Å²) in [6, 6.07) is 23.4. The summed E-state index contributed by atoms with van der Waals surface area (Å²) in [5.41, 5.74) is 1.22. The van der Waals surface area contributed by atoms with E-state index >= 15 is 0 Å². The number of nitriles is 2. The maximum absolute atomic E-state index is 9.48. The molecule has 0 amide bonds. The van der Waals surface area contributed by atoms with Crippen molar-refractivity contribution < 1.29 is 0 Å². The van der Waals surface area contributed by atoms with Gasteiger partial charge in [0.2, 0.25) is 0 Å². The molecular weight excluding hydrogens is 420 g/mol. The first-order valence-electron chi connectivity index (χ1n) is 8.57. The van der Waals surface area contributed by atoms with Crippen molar-refractivity contribution in [3.63, 3.8) is 0 Å². The van der Waals surface area contributed by atoms with Crippen molar-refractivity contribution in [1.82, 2.24) is 5.32 Å². The highest BCUT2D eigenvalue weighted by molar-refractivity contribution is 7.99. The van der Waals surface area contributed by atoms with Crippen molar-refractivity contribution in [2.45, 2.75) is 16.3 Å². The molecule has 0 aliphatic rings. The number of thiophene rings is 1. The second-order valence-corrected chi connectivity index (χ2v) is 8.27. The molecule has 1 aromatic heterocycles. The molecule has 0 unspecified atom stereocenters. The molecule has 0 spiro atoms. The smallest absolute Gasteiger partial charge is 0.174 e. The number of hydrogen-bond acceptors (Lipinski definition) is 6. The van der Waals surface area contributed by atoms with Crippen LogP contribution in [0.2, 0.25) is 5.02 Å². The molecule has 1 N–H and O–H groups in total. The fourth-order valence-corrected chi connectivity index (χ4v) is 4.04. The third kappa shape index (κ3) is 5.97. The lowest BCUT2D eigenvalue weighted by Crippen LogP contribution is -2.14. The van der Waals surface area contributed by atoms with Gasteiger partial charge in [0.25, 0.3) is 0 Å². The Morgan fingerprint density at radius 2 is 1.86 bits per heavy atom. The monoisotopic (exact) mass is 434 g/mol. The van der Waals surface area contributed by atoms with Crippen LogP contribution in [0.1, 0.15) is 10.4 Å². The number of allylic oxidation sites excluding steroid dienone is 2. The van der Waals surface area contributed by atoms with Crippen molar-refractivity contribution in [2.75, 3.05) is 0 Å². The van der Waals surface area contributed by atoms with Gasteiger partial charge in [-0.15, -0.1) is 11.3 Å². The van der Waals surface area contributed by atoms with Crippen LogP contribution >= 0.6 is 34.7 Å². The van der Waals surface area contributed by atoms with Crippen LogP contribution in [0.4, 0.5) is 0 Å². The van der Waals surface area contributed by atoms with Gasteiger partial charge >= 0.3 is 0 Å². The standard InChI is InChI=1S/C22H15ClN4S2/c23-17-7-9-18(10-8-17)29-22-6-2-1-4-16(22)14-26-20(12-24)21(13-25)27-15-19-5-3-11-28-19/h1-11,15,26H,14H2/b21-20+,27-15?. The van der Waals surface area contributed by atoms with Crippen molar-refractivity contribution in [1.29, 1.82) is 10.5 Å². The predicted molar refractivity (Wildman–Crippen MR) is 119 cm³/mol. The maximum Gasteiger partial charge on any atom is 0.174 e. The third-order valence-electron chi connectivity index (χ3n) is 3.79. The molecule has 29 heavy (non-hydrogen) atoms. The summed E-state index contributed by atoms with van der Waals surface area (Å²) in [6.07, 6.45) is 1.59. The highest BCUT2D eigenvalue weighted by Crippen LogP contribution is 2.31. The van der Waals surface area contributed by atoms with Crippen LogP contribution in [0.25, 0.3) is 0 Å². The van der Waals surface area contributed by atoms with E-state index in [1.807, 2.05) is 78.2 Å². The molecule has 0 saturated carbocycles. The first-order valence-corrected chi connectivity index (χ1v) is 10.6. The number of nitrogens with zero attached hydrogens (tertiary/aromatic N) is 3. The Balaban J connectivity index is 1.76. The number of halogens is 1. The van der Waals surface area contributed by atoms with E-state index in [1.165, 1.54) is 11.3 Å². The van der Waals surface area contributed by atoms with E-state index in [0.717, 1.165) is 20.2 Å². The summed E-state index contributed by atoms with van der Waals surface area (Å²) in [4.78, 5) is 7.21. The first kappa shape index (κ1) is 20.7. The van der Waals surface area contributed by atoms with Gasteiger partial charge in [-0.1, -0.05) is 47.6 Å². The Morgan fingerprint density at radius 3 is 2.55 bits per heavy atom. The van der Waals surface area contributed by atoms with Crippen LogP contribution in [0.15, 0.2) is 92.2 Å². The zero-order valence-corrected chi connectivity index (χ0v) is 17.6. The van der Waals surface area contributed by atoms with Gasteiger partial charge in [-0.25, -0.2) is 4.99 Å². The highest BCUT2D eigenvalue weighted by Gasteiger charge is 2.08. The van der Waals surface area contributed by atoms with E-state index in [9.17, 15) is 10.5 Å². The van der Waals surface area contributed by atoms with Gasteiger partial charge in [0.15, 0.2) is 11.4 Å². The summed E-state index contributed by atoms with van der Waals surface area (Å²) < 4.78 is 0. The van der Waals surface area contributed by atoms with Crippen molar-refractivity contribution in [2.24, 2.45) is 4.99 Å². The van der Waals surface area contributed by atoms with Crippen molar-refractivity contribution >= 4 is 40.9 Å². The molecule has 3 rings (SSSR count). The molecule has 0 saturated heterocycles. The number of rotatable bonds is 7. The Bertz CT molecular complexity index is 1100. The van der Waals surface area contributed by atoms with Crippen LogP contribution in [0.3, 0.4) is 0 Å². The summed E-state index contributed by atoms with van der Waals surface area (Å²) in [5.74, 6) is 0. The molecule has 3 aromatic rings. The van der Waals surface area contributed by atoms with Gasteiger partial charge in [0.1, 0.15) is 12.1 Å². The Morgan fingerprint density at radius 1 is 1.07 bits per heavy atom. The fraction of sp³-hybridized carbons (Fsp3) is 0.0455. The minimum Gasteiger partial charge on any atom is -0.370 e. The fourth-order valence-electron chi connectivity index (χ4n) is 2.38. The van der Waals surface area contributed by atoms with Gasteiger partial charge in [0, 0.05) is 32.5 Å². The van der Waals surface area contributed by atoms with Gasteiger partial charge in [-0.2, -0.15) is 10.5 Å². The Hall–Kier alpha value is -3.03. The lowest BCUT2D eigenvalue weighted by atomic mass is 10.2. The molecule has 0 bridgehead atoms. The number of benzene rings is 2. The Labute approximate surface area is 182 Å². The lowest BCUT2D eigenvalue weighted by Gasteiger charge is -2.11. The highest BCUT2D eigenvalue weighted by atomic mass is 35.5. The quantitative estimate of drug-likeness (QED) is 0.364. The lowest BCUT2D eigenvalue weighted by molar-refractivity contribution is 0.813. The van der Waals surface area contributed by atoms with E-state index in [4.69, 9.17) is 11.6 Å². The molecule has 7 heteroatoms. The third-order valence-corrected chi connectivity index (χ3v) is 5.97. The van der Waals surface area contributed by atoms with Crippen LogP contribution in [0, 0.1) is 22.7 Å². The molecule has 142 valence electrons. The van der Waals surface area contributed by atoms with Crippen molar-refractivity contribution in [3.8, 4) is 12.1 Å². The van der Waals surface area contributed by atoms with Gasteiger partial charge in [-0.3, -0.25) is 0 Å². The summed E-state index contributed by atoms with van der Waals surface area (Å²) in [5, 5.41) is 24.6. The molecule has 0 radical (unpaired) electrons. The minimum atomic E-state index is 0.0590.